The average molecular weight is 478 g/mol. The lowest BCUT2D eigenvalue weighted by Crippen LogP contribution is -2.68. The Morgan fingerprint density at radius 1 is 1.18 bits per heavy atom. The van der Waals surface area contributed by atoms with Gasteiger partial charge in [0, 0.05) is 30.6 Å². The Hall–Kier alpha value is -2.72. The van der Waals surface area contributed by atoms with Crippen LogP contribution in [0.25, 0.3) is 0 Å². The van der Waals surface area contributed by atoms with Crippen LogP contribution >= 0.6 is 11.6 Å². The summed E-state index contributed by atoms with van der Waals surface area (Å²) < 4.78 is 24.5. The molecule has 9 nitrogen and oxygen atoms in total. The second-order valence-corrected chi connectivity index (χ2v) is 9.60. The molecule has 2 heterocycles. The lowest BCUT2D eigenvalue weighted by Gasteiger charge is -2.59. The Morgan fingerprint density at radius 3 is 2.61 bits per heavy atom. The van der Waals surface area contributed by atoms with Crippen molar-refractivity contribution in [2.24, 2.45) is 5.41 Å². The van der Waals surface area contributed by atoms with Gasteiger partial charge in [-0.2, -0.15) is 15.0 Å². The van der Waals surface area contributed by atoms with Crippen LogP contribution in [-0.2, 0) is 14.3 Å². The van der Waals surface area contributed by atoms with Gasteiger partial charge in [-0.15, -0.1) is 0 Å². The molecule has 0 unspecified atom stereocenters. The van der Waals surface area contributed by atoms with Crippen molar-refractivity contribution in [3.63, 3.8) is 0 Å². The number of hydrogen-bond acceptors (Lipinski definition) is 6. The second-order valence-electron chi connectivity index (χ2n) is 9.19. The van der Waals surface area contributed by atoms with Crippen LogP contribution in [0.15, 0.2) is 30.6 Å². The molecule has 0 radical (unpaired) electrons. The topological polar surface area (TPSA) is 98.6 Å². The molecule has 2 aliphatic carbocycles. The first-order valence-electron chi connectivity index (χ1n) is 11.0. The number of carbonyl (C=O) groups is 2. The number of amides is 2. The number of rotatable bonds is 8. The molecule has 2 amide bonds. The first-order chi connectivity index (χ1) is 15.9. The lowest BCUT2D eigenvalue weighted by molar-refractivity contribution is -0.162. The first kappa shape index (κ1) is 22.1. The molecule has 1 aromatic heterocycles. The number of carbonyl (C=O) groups excluding carboxylic acids is 2. The van der Waals surface area contributed by atoms with Gasteiger partial charge in [-0.05, 0) is 37.8 Å². The van der Waals surface area contributed by atoms with Crippen LogP contribution in [-0.4, -0.2) is 70.2 Å². The van der Waals surface area contributed by atoms with E-state index in [0.717, 1.165) is 31.7 Å². The minimum Gasteiger partial charge on any atom is -0.484 e. The molecule has 176 valence electrons. The molecule has 0 bridgehead atoms. The molecule has 3 aliphatic rings. The molecular formula is C22H25ClFN5O4. The van der Waals surface area contributed by atoms with E-state index in [1.807, 2.05) is 4.90 Å². The Bertz CT molecular complexity index is 1020. The number of nitrogens with zero attached hydrogens (tertiary/aromatic N) is 4. The van der Waals surface area contributed by atoms with Crippen molar-refractivity contribution in [3.8, 4) is 5.75 Å². The van der Waals surface area contributed by atoms with Crippen LogP contribution in [0.5, 0.6) is 5.75 Å². The van der Waals surface area contributed by atoms with E-state index < -0.39 is 5.82 Å². The Morgan fingerprint density at radius 2 is 1.91 bits per heavy atom. The van der Waals surface area contributed by atoms with Crippen molar-refractivity contribution in [2.45, 2.75) is 43.9 Å². The second kappa shape index (κ2) is 8.90. The number of aromatic nitrogens is 3. The van der Waals surface area contributed by atoms with Crippen molar-refractivity contribution in [2.75, 3.05) is 26.3 Å². The number of halogens is 2. The number of nitrogens with one attached hydrogen (secondary N) is 1. The van der Waals surface area contributed by atoms with E-state index in [9.17, 15) is 14.0 Å². The van der Waals surface area contributed by atoms with Gasteiger partial charge in [0.15, 0.2) is 6.61 Å². The van der Waals surface area contributed by atoms with Gasteiger partial charge in [0.25, 0.3) is 5.91 Å². The number of ether oxygens (including phenoxy) is 2. The molecule has 1 spiro atoms. The lowest BCUT2D eigenvalue weighted by atomic mass is 9.60. The number of benzene rings is 1. The highest BCUT2D eigenvalue weighted by Gasteiger charge is 2.54. The summed E-state index contributed by atoms with van der Waals surface area (Å²) in [4.78, 5) is 28.0. The highest BCUT2D eigenvalue weighted by molar-refractivity contribution is 6.30. The third kappa shape index (κ3) is 4.81. The third-order valence-electron chi connectivity index (χ3n) is 6.67. The summed E-state index contributed by atoms with van der Waals surface area (Å²) in [6.45, 7) is 1.31. The van der Waals surface area contributed by atoms with Crippen LogP contribution in [0.1, 0.15) is 31.7 Å². The summed E-state index contributed by atoms with van der Waals surface area (Å²) >= 11 is 5.63. The highest BCUT2D eigenvalue weighted by atomic mass is 35.5. The van der Waals surface area contributed by atoms with Crippen LogP contribution in [0.4, 0.5) is 4.39 Å². The smallest absolute Gasteiger partial charge is 0.258 e. The van der Waals surface area contributed by atoms with E-state index in [-0.39, 0.29) is 59.4 Å². The summed E-state index contributed by atoms with van der Waals surface area (Å²) in [5.74, 6) is -0.580. The maximum atomic E-state index is 13.4. The van der Waals surface area contributed by atoms with Crippen molar-refractivity contribution in [1.29, 1.82) is 0 Å². The minimum absolute atomic E-state index is 0.00534. The maximum Gasteiger partial charge on any atom is 0.258 e. The monoisotopic (exact) mass is 477 g/mol. The van der Waals surface area contributed by atoms with Crippen molar-refractivity contribution in [1.82, 2.24) is 25.2 Å². The standard InChI is InChI=1S/C22H25ClFN5O4/c23-18-2-1-16(7-19(18)24)32-10-20(30)27-14-8-22(9-14)12-28(13-22)21(31)11-33-17-5-15(6-17)29-25-3-4-26-29/h1-4,7,14-15,17H,5-6,8-13H2,(H,27,30)/t15-,17-. The van der Waals surface area contributed by atoms with Gasteiger partial charge in [-0.3, -0.25) is 9.59 Å². The van der Waals surface area contributed by atoms with Gasteiger partial charge in [0.05, 0.1) is 29.6 Å². The van der Waals surface area contributed by atoms with E-state index in [1.165, 1.54) is 12.1 Å². The Kier molecular flexibility index (Phi) is 5.96. The number of hydrogen-bond donors (Lipinski definition) is 1. The zero-order valence-corrected chi connectivity index (χ0v) is 18.7. The van der Waals surface area contributed by atoms with Crippen LogP contribution in [0, 0.1) is 11.2 Å². The molecular weight excluding hydrogens is 453 g/mol. The van der Waals surface area contributed by atoms with Crippen LogP contribution in [0.2, 0.25) is 5.02 Å². The Labute approximate surface area is 195 Å². The van der Waals surface area contributed by atoms with Crippen LogP contribution < -0.4 is 10.1 Å². The van der Waals surface area contributed by atoms with Crippen molar-refractivity contribution in [3.05, 3.63) is 41.4 Å². The molecule has 1 aliphatic heterocycles. The zero-order chi connectivity index (χ0) is 23.0. The first-order valence-corrected chi connectivity index (χ1v) is 11.4. The molecule has 0 atom stereocenters. The van der Waals surface area contributed by atoms with Gasteiger partial charge in [-0.1, -0.05) is 11.6 Å². The molecule has 1 N–H and O–H groups in total. The van der Waals surface area contributed by atoms with Gasteiger partial charge in [-0.25, -0.2) is 4.39 Å². The summed E-state index contributed by atoms with van der Waals surface area (Å²) in [5, 5.41) is 11.2. The fourth-order valence-electron chi connectivity index (χ4n) is 4.83. The van der Waals surface area contributed by atoms with E-state index in [2.05, 4.69) is 15.5 Å². The number of likely N-dealkylation sites (tertiary alicyclic amines) is 1. The molecule has 5 rings (SSSR count). The van der Waals surface area contributed by atoms with Crippen molar-refractivity contribution >= 4 is 23.4 Å². The fraction of sp³-hybridized carbons (Fsp3) is 0.545. The molecule has 2 saturated carbocycles. The van der Waals surface area contributed by atoms with E-state index in [1.54, 1.807) is 17.2 Å². The summed E-state index contributed by atoms with van der Waals surface area (Å²) in [7, 11) is 0. The van der Waals surface area contributed by atoms with Gasteiger partial charge < -0.3 is 19.7 Å². The predicted molar refractivity (Wildman–Crippen MR) is 115 cm³/mol. The summed E-state index contributed by atoms with van der Waals surface area (Å²) in [6.07, 6.45) is 6.71. The largest absolute Gasteiger partial charge is 0.484 e. The molecule has 1 aromatic carbocycles. The minimum atomic E-state index is -0.589. The van der Waals surface area contributed by atoms with Gasteiger partial charge in [0.1, 0.15) is 18.2 Å². The molecule has 1 saturated heterocycles. The van der Waals surface area contributed by atoms with Crippen molar-refractivity contribution < 1.29 is 23.5 Å². The SMILES string of the molecule is O=C(COc1ccc(Cl)c(F)c1)NC1CC2(C1)CN(C(=O)CO[C@H]1C[C@H](n3nccn3)C1)C2. The van der Waals surface area contributed by atoms with Crippen LogP contribution in [0.3, 0.4) is 0 Å². The quantitative estimate of drug-likeness (QED) is 0.624. The third-order valence-corrected chi connectivity index (χ3v) is 6.97. The summed E-state index contributed by atoms with van der Waals surface area (Å²) in [5.41, 5.74) is 0.0983. The molecule has 33 heavy (non-hydrogen) atoms. The average Bonchev–Trinajstić information content (AvgIpc) is 3.22. The zero-order valence-electron chi connectivity index (χ0n) is 18.0. The van der Waals surface area contributed by atoms with E-state index in [0.29, 0.717) is 13.1 Å². The van der Waals surface area contributed by atoms with Gasteiger partial charge >= 0.3 is 0 Å². The van der Waals surface area contributed by atoms with E-state index >= 15 is 0 Å². The predicted octanol–water partition coefficient (Wildman–Crippen LogP) is 1.98. The summed E-state index contributed by atoms with van der Waals surface area (Å²) in [6, 6.07) is 4.38. The van der Waals surface area contributed by atoms with Gasteiger partial charge in [0.2, 0.25) is 5.91 Å². The highest BCUT2D eigenvalue weighted by Crippen LogP contribution is 2.48. The normalized spacial score (nSPS) is 23.4. The Balaban J connectivity index is 0.949. The fourth-order valence-corrected chi connectivity index (χ4v) is 4.95. The molecule has 3 fully saturated rings. The molecule has 11 heteroatoms. The van der Waals surface area contributed by atoms with E-state index in [4.69, 9.17) is 21.1 Å². The maximum absolute atomic E-state index is 13.4. The molecule has 2 aromatic rings.